The smallest absolute Gasteiger partial charge is 0.190 e. The third kappa shape index (κ3) is 2.63. The van der Waals surface area contributed by atoms with Gasteiger partial charge in [0.1, 0.15) is 11.6 Å². The minimum absolute atomic E-state index is 0.184. The fourth-order valence-corrected chi connectivity index (χ4v) is 3.52. The summed E-state index contributed by atoms with van der Waals surface area (Å²) in [6.07, 6.45) is 0. The summed E-state index contributed by atoms with van der Waals surface area (Å²) in [6, 6.07) is 12.2. The fourth-order valence-electron chi connectivity index (χ4n) is 2.99. The molecule has 5 nitrogen and oxygen atoms in total. The molecule has 2 aromatic carbocycles. The zero-order valence-corrected chi connectivity index (χ0v) is 15.1. The van der Waals surface area contributed by atoms with Gasteiger partial charge in [-0.25, -0.2) is 4.85 Å². The number of aromatic hydroxyl groups is 1. The zero-order valence-electron chi connectivity index (χ0n) is 14.2. The molecule has 0 unspecified atom stereocenters. The van der Waals surface area contributed by atoms with E-state index in [2.05, 4.69) is 4.85 Å². The molecule has 6 heteroatoms. The van der Waals surface area contributed by atoms with Gasteiger partial charge in [0.05, 0.1) is 12.1 Å². The molecule has 1 aliphatic rings. The van der Waals surface area contributed by atoms with Crippen molar-refractivity contribution in [2.75, 3.05) is 9.80 Å². The maximum absolute atomic E-state index is 9.53. The van der Waals surface area contributed by atoms with Gasteiger partial charge < -0.3 is 10.0 Å². The van der Waals surface area contributed by atoms with Gasteiger partial charge in [-0.05, 0) is 75.0 Å². The summed E-state index contributed by atoms with van der Waals surface area (Å²) in [7, 11) is 0. The lowest BCUT2D eigenvalue weighted by molar-refractivity contribution is 0.475. The maximum atomic E-state index is 9.53. The Morgan fingerprint density at radius 3 is 2.28 bits per heavy atom. The number of phenolic OH excluding ortho intramolecular Hbond substituents is 1. The molecule has 1 saturated heterocycles. The highest BCUT2D eigenvalue weighted by atomic mass is 32.1. The second kappa shape index (κ2) is 5.87. The molecule has 2 aromatic rings. The number of nitrogens with zero attached hydrogens (tertiary/aromatic N) is 3. The van der Waals surface area contributed by atoms with E-state index in [4.69, 9.17) is 24.2 Å². The van der Waals surface area contributed by atoms with E-state index in [-0.39, 0.29) is 5.75 Å². The normalized spacial score (nSPS) is 16.2. The largest absolute Gasteiger partial charge is 0.508 e. The van der Waals surface area contributed by atoms with Crippen molar-refractivity contribution in [1.29, 1.82) is 5.41 Å². The molecule has 1 fully saturated rings. The topological polar surface area (TPSA) is 54.9 Å². The first-order valence-corrected chi connectivity index (χ1v) is 8.18. The number of amidine groups is 1. The highest BCUT2D eigenvalue weighted by molar-refractivity contribution is 7.81. The van der Waals surface area contributed by atoms with Crippen LogP contribution in [0.5, 0.6) is 5.75 Å². The molecule has 0 radical (unpaired) electrons. The van der Waals surface area contributed by atoms with Crippen LogP contribution in [0, 0.1) is 18.9 Å². The SMILES string of the molecule is [C-]#[N+]c1ccc(N2C(=N)C(C)(C)N(c3ccc(O)cc3)C2=S)cc1C. The molecule has 0 saturated carbocycles. The van der Waals surface area contributed by atoms with Gasteiger partial charge in [-0.15, -0.1) is 0 Å². The molecule has 2 N–H and O–H groups in total. The Bertz CT molecular complexity index is 912. The molecule has 0 bridgehead atoms. The summed E-state index contributed by atoms with van der Waals surface area (Å²) in [4.78, 5) is 7.12. The number of thiocarbonyl (C=S) groups is 1. The Morgan fingerprint density at radius 2 is 1.72 bits per heavy atom. The van der Waals surface area contributed by atoms with Crippen molar-refractivity contribution in [1.82, 2.24) is 0 Å². The minimum atomic E-state index is -0.638. The van der Waals surface area contributed by atoms with Gasteiger partial charge in [-0.2, -0.15) is 0 Å². The molecule has 25 heavy (non-hydrogen) atoms. The number of rotatable bonds is 2. The molecule has 126 valence electrons. The van der Waals surface area contributed by atoms with Crippen molar-refractivity contribution >= 4 is 40.2 Å². The number of aryl methyl sites for hydroxylation is 1. The van der Waals surface area contributed by atoms with E-state index in [9.17, 15) is 5.11 Å². The Balaban J connectivity index is 2.07. The average Bonchev–Trinajstić information content (AvgIpc) is 2.74. The van der Waals surface area contributed by atoms with Gasteiger partial charge >= 0.3 is 0 Å². The quantitative estimate of drug-likeness (QED) is 0.613. The van der Waals surface area contributed by atoms with Crippen molar-refractivity contribution in [2.24, 2.45) is 0 Å². The van der Waals surface area contributed by atoms with Gasteiger partial charge in [0.15, 0.2) is 10.8 Å². The van der Waals surface area contributed by atoms with Gasteiger partial charge in [0, 0.05) is 11.4 Å². The van der Waals surface area contributed by atoms with Gasteiger partial charge in [-0.3, -0.25) is 10.3 Å². The van der Waals surface area contributed by atoms with Crippen LogP contribution in [0.3, 0.4) is 0 Å². The third-order valence-electron chi connectivity index (χ3n) is 4.41. The third-order valence-corrected chi connectivity index (χ3v) is 4.78. The van der Waals surface area contributed by atoms with Gasteiger partial charge in [-0.1, -0.05) is 6.07 Å². The van der Waals surface area contributed by atoms with Crippen LogP contribution in [-0.2, 0) is 0 Å². The molecule has 1 aliphatic heterocycles. The Labute approximate surface area is 152 Å². The van der Waals surface area contributed by atoms with Crippen LogP contribution < -0.4 is 9.80 Å². The van der Waals surface area contributed by atoms with Gasteiger partial charge in [0.2, 0.25) is 0 Å². The van der Waals surface area contributed by atoms with Crippen LogP contribution in [0.2, 0.25) is 0 Å². The Morgan fingerprint density at radius 1 is 1.12 bits per heavy atom. The molecular formula is C19H18N4OS. The summed E-state index contributed by atoms with van der Waals surface area (Å²) in [5.74, 6) is 0.546. The summed E-state index contributed by atoms with van der Waals surface area (Å²) in [5, 5.41) is 18.7. The lowest BCUT2D eigenvalue weighted by Gasteiger charge is -2.30. The van der Waals surface area contributed by atoms with E-state index >= 15 is 0 Å². The molecule has 0 atom stereocenters. The predicted octanol–water partition coefficient (Wildman–Crippen LogP) is 4.62. The second-order valence-corrected chi connectivity index (χ2v) is 6.83. The monoisotopic (exact) mass is 350 g/mol. The number of anilines is 2. The van der Waals surface area contributed by atoms with Gasteiger partial charge in [0.25, 0.3) is 0 Å². The molecule has 3 rings (SSSR count). The van der Waals surface area contributed by atoms with Crippen LogP contribution in [-0.4, -0.2) is 21.6 Å². The van der Waals surface area contributed by atoms with Crippen LogP contribution in [0.25, 0.3) is 4.85 Å². The molecule has 1 heterocycles. The van der Waals surface area contributed by atoms with Crippen molar-refractivity contribution in [3.8, 4) is 5.75 Å². The first-order valence-electron chi connectivity index (χ1n) is 7.78. The summed E-state index contributed by atoms with van der Waals surface area (Å²) >= 11 is 5.68. The lowest BCUT2D eigenvalue weighted by atomic mass is 10.0. The summed E-state index contributed by atoms with van der Waals surface area (Å²) in [6.45, 7) is 12.9. The highest BCUT2D eigenvalue weighted by Crippen LogP contribution is 2.37. The number of hydrogen-bond donors (Lipinski definition) is 2. The zero-order chi connectivity index (χ0) is 18.4. The maximum Gasteiger partial charge on any atom is 0.190 e. The van der Waals surface area contributed by atoms with E-state index < -0.39 is 5.54 Å². The standard InChI is InChI=1S/C19H18N4OS/c1-12-11-14(7-10-16(12)21-4)22-17(20)19(2,3)23(18(22)25)13-5-8-15(24)9-6-13/h5-11,20,24H,1-3H3. The molecular weight excluding hydrogens is 332 g/mol. The van der Waals surface area contributed by atoms with Crippen molar-refractivity contribution < 1.29 is 5.11 Å². The van der Waals surface area contributed by atoms with E-state index in [1.165, 1.54) is 0 Å². The van der Waals surface area contributed by atoms with Crippen LogP contribution >= 0.6 is 12.2 Å². The lowest BCUT2D eigenvalue weighted by Crippen LogP contribution is -2.44. The van der Waals surface area contributed by atoms with Crippen molar-refractivity contribution in [2.45, 2.75) is 26.3 Å². The molecule has 0 aliphatic carbocycles. The number of nitrogens with one attached hydrogen (secondary N) is 1. The number of phenols is 1. The van der Waals surface area contributed by atoms with Crippen molar-refractivity contribution in [3.05, 3.63) is 59.4 Å². The summed E-state index contributed by atoms with van der Waals surface area (Å²) in [5.41, 5.74) is 2.39. The first-order chi connectivity index (χ1) is 11.8. The number of hydrogen-bond acceptors (Lipinski definition) is 3. The van der Waals surface area contributed by atoms with E-state index in [1.807, 2.05) is 37.8 Å². The Hall–Kier alpha value is -2.91. The predicted molar refractivity (Wildman–Crippen MR) is 105 cm³/mol. The van der Waals surface area contributed by atoms with E-state index in [0.29, 0.717) is 16.6 Å². The Kier molecular flexibility index (Phi) is 3.97. The number of benzene rings is 2. The van der Waals surface area contributed by atoms with E-state index in [0.717, 1.165) is 16.9 Å². The van der Waals surface area contributed by atoms with Crippen molar-refractivity contribution in [3.63, 3.8) is 0 Å². The first kappa shape index (κ1) is 16.9. The van der Waals surface area contributed by atoms with Crippen LogP contribution in [0.1, 0.15) is 19.4 Å². The van der Waals surface area contributed by atoms with E-state index in [1.54, 1.807) is 35.2 Å². The average molecular weight is 350 g/mol. The summed E-state index contributed by atoms with van der Waals surface area (Å²) < 4.78 is 0. The minimum Gasteiger partial charge on any atom is -0.508 e. The van der Waals surface area contributed by atoms with Crippen LogP contribution in [0.15, 0.2) is 42.5 Å². The highest BCUT2D eigenvalue weighted by Gasteiger charge is 2.47. The second-order valence-electron chi connectivity index (χ2n) is 6.46. The van der Waals surface area contributed by atoms with Crippen LogP contribution in [0.4, 0.5) is 17.1 Å². The molecule has 0 aromatic heterocycles. The fraction of sp³-hybridized carbons (Fsp3) is 0.211. The molecule has 0 amide bonds. The molecule has 0 spiro atoms.